The van der Waals surface area contributed by atoms with Crippen LogP contribution in [0.25, 0.3) is 0 Å². The van der Waals surface area contributed by atoms with Gasteiger partial charge in [-0.2, -0.15) is 0 Å². The molecule has 92 valence electrons. The second-order valence-corrected chi connectivity index (χ2v) is 5.26. The fourth-order valence-corrected chi connectivity index (χ4v) is 1.52. The van der Waals surface area contributed by atoms with E-state index in [4.69, 9.17) is 4.74 Å². The minimum absolute atomic E-state index is 0.348. The molecule has 0 rings (SSSR count). The third-order valence-electron chi connectivity index (χ3n) is 3.30. The molecule has 0 aromatic heterocycles. The summed E-state index contributed by atoms with van der Waals surface area (Å²) in [7, 11) is 0. The van der Waals surface area contributed by atoms with Gasteiger partial charge >= 0.3 is 0 Å². The van der Waals surface area contributed by atoms with Crippen molar-refractivity contribution >= 4 is 0 Å². The highest BCUT2D eigenvalue weighted by atomic mass is 16.5. The first-order valence-electron chi connectivity index (χ1n) is 6.24. The summed E-state index contributed by atoms with van der Waals surface area (Å²) in [5, 5.41) is 3.45. The van der Waals surface area contributed by atoms with Gasteiger partial charge in [0.1, 0.15) is 0 Å². The van der Waals surface area contributed by atoms with E-state index in [2.05, 4.69) is 46.9 Å². The van der Waals surface area contributed by atoms with Gasteiger partial charge in [0.15, 0.2) is 0 Å². The molecule has 0 heterocycles. The standard InChI is InChI=1S/C13H29NO/c1-7-14-10-13(6,11(2)3)8-9-15-12(4)5/h11-12,14H,7-10H2,1-6H3. The van der Waals surface area contributed by atoms with Gasteiger partial charge in [0, 0.05) is 13.2 Å². The van der Waals surface area contributed by atoms with Crippen LogP contribution in [0.2, 0.25) is 0 Å². The Morgan fingerprint density at radius 3 is 2.20 bits per heavy atom. The van der Waals surface area contributed by atoms with Crippen molar-refractivity contribution in [3.05, 3.63) is 0 Å². The number of hydrogen-bond donors (Lipinski definition) is 1. The van der Waals surface area contributed by atoms with Gasteiger partial charge in [-0.25, -0.2) is 0 Å². The maximum atomic E-state index is 5.64. The van der Waals surface area contributed by atoms with Crippen LogP contribution in [0, 0.1) is 11.3 Å². The summed E-state index contributed by atoms with van der Waals surface area (Å²) in [5.74, 6) is 0.687. The molecule has 15 heavy (non-hydrogen) atoms. The Hall–Kier alpha value is -0.0800. The third kappa shape index (κ3) is 6.16. The lowest BCUT2D eigenvalue weighted by molar-refractivity contribution is 0.0425. The third-order valence-corrected chi connectivity index (χ3v) is 3.30. The number of ether oxygens (including phenoxy) is 1. The second kappa shape index (κ2) is 7.24. The van der Waals surface area contributed by atoms with E-state index in [-0.39, 0.29) is 0 Å². The molecule has 0 radical (unpaired) electrons. The van der Waals surface area contributed by atoms with E-state index in [0.29, 0.717) is 17.4 Å². The van der Waals surface area contributed by atoms with E-state index < -0.39 is 0 Å². The fraction of sp³-hybridized carbons (Fsp3) is 1.00. The van der Waals surface area contributed by atoms with Crippen molar-refractivity contribution in [3.8, 4) is 0 Å². The SMILES string of the molecule is CCNCC(C)(CCOC(C)C)C(C)C. The summed E-state index contributed by atoms with van der Waals surface area (Å²) < 4.78 is 5.64. The summed E-state index contributed by atoms with van der Waals surface area (Å²) in [4.78, 5) is 0. The Kier molecular flexibility index (Phi) is 7.20. The van der Waals surface area contributed by atoms with Gasteiger partial charge in [-0.05, 0) is 38.1 Å². The molecule has 1 unspecified atom stereocenters. The summed E-state index contributed by atoms with van der Waals surface area (Å²) in [6.45, 7) is 16.3. The summed E-state index contributed by atoms with van der Waals surface area (Å²) in [6.07, 6.45) is 1.48. The summed E-state index contributed by atoms with van der Waals surface area (Å²) in [5.41, 5.74) is 0.352. The molecule has 1 atom stereocenters. The van der Waals surface area contributed by atoms with Crippen LogP contribution in [-0.2, 0) is 4.74 Å². The van der Waals surface area contributed by atoms with E-state index in [1.165, 1.54) is 0 Å². The van der Waals surface area contributed by atoms with Crippen molar-refractivity contribution in [1.29, 1.82) is 0 Å². The average molecular weight is 215 g/mol. The normalized spacial score (nSPS) is 16.0. The van der Waals surface area contributed by atoms with Crippen LogP contribution in [0.1, 0.15) is 48.0 Å². The topological polar surface area (TPSA) is 21.3 Å². The first kappa shape index (κ1) is 14.9. The van der Waals surface area contributed by atoms with Gasteiger partial charge in [-0.3, -0.25) is 0 Å². The molecule has 1 N–H and O–H groups in total. The van der Waals surface area contributed by atoms with E-state index in [0.717, 1.165) is 26.1 Å². The minimum atomic E-state index is 0.348. The number of rotatable bonds is 8. The summed E-state index contributed by atoms with van der Waals surface area (Å²) in [6, 6.07) is 0. The lowest BCUT2D eigenvalue weighted by Gasteiger charge is -2.34. The zero-order valence-corrected chi connectivity index (χ0v) is 11.4. The molecule has 0 bridgehead atoms. The fourth-order valence-electron chi connectivity index (χ4n) is 1.52. The van der Waals surface area contributed by atoms with Gasteiger partial charge in [0.2, 0.25) is 0 Å². The van der Waals surface area contributed by atoms with Gasteiger partial charge in [0.25, 0.3) is 0 Å². The van der Waals surface area contributed by atoms with Crippen LogP contribution in [0.3, 0.4) is 0 Å². The van der Waals surface area contributed by atoms with Gasteiger partial charge < -0.3 is 10.1 Å². The molecule has 0 aromatic rings. The predicted octanol–water partition coefficient (Wildman–Crippen LogP) is 3.07. The van der Waals surface area contributed by atoms with E-state index >= 15 is 0 Å². The molecular formula is C13H29NO. The molecular weight excluding hydrogens is 186 g/mol. The first-order valence-corrected chi connectivity index (χ1v) is 6.24. The Morgan fingerprint density at radius 1 is 1.20 bits per heavy atom. The molecule has 0 fully saturated rings. The van der Waals surface area contributed by atoms with Crippen LogP contribution in [0.4, 0.5) is 0 Å². The quantitative estimate of drug-likeness (QED) is 0.672. The molecule has 0 saturated carbocycles. The maximum absolute atomic E-state index is 5.64. The second-order valence-electron chi connectivity index (χ2n) is 5.26. The molecule has 0 aromatic carbocycles. The molecule has 0 aliphatic rings. The lowest BCUT2D eigenvalue weighted by atomic mass is 9.76. The smallest absolute Gasteiger partial charge is 0.0518 e. The Bertz CT molecular complexity index is 157. The lowest BCUT2D eigenvalue weighted by Crippen LogP contribution is -2.37. The largest absolute Gasteiger partial charge is 0.379 e. The molecule has 0 saturated heterocycles. The first-order chi connectivity index (χ1) is 6.92. The highest BCUT2D eigenvalue weighted by Gasteiger charge is 2.27. The van der Waals surface area contributed by atoms with Crippen molar-refractivity contribution < 1.29 is 4.74 Å². The Labute approximate surface area is 95.8 Å². The van der Waals surface area contributed by atoms with Crippen molar-refractivity contribution in [3.63, 3.8) is 0 Å². The zero-order valence-electron chi connectivity index (χ0n) is 11.4. The molecule has 0 aliphatic carbocycles. The van der Waals surface area contributed by atoms with Crippen LogP contribution in [0.5, 0.6) is 0 Å². The highest BCUT2D eigenvalue weighted by Crippen LogP contribution is 2.30. The van der Waals surface area contributed by atoms with Crippen LogP contribution < -0.4 is 5.32 Å². The van der Waals surface area contributed by atoms with Crippen molar-refractivity contribution in [2.24, 2.45) is 11.3 Å². The van der Waals surface area contributed by atoms with E-state index in [9.17, 15) is 0 Å². The van der Waals surface area contributed by atoms with Crippen LogP contribution in [-0.4, -0.2) is 25.8 Å². The number of nitrogens with one attached hydrogen (secondary N) is 1. The van der Waals surface area contributed by atoms with Crippen molar-refractivity contribution in [2.75, 3.05) is 19.7 Å². The monoisotopic (exact) mass is 215 g/mol. The molecule has 0 amide bonds. The predicted molar refractivity (Wildman–Crippen MR) is 67.2 cm³/mol. The highest BCUT2D eigenvalue weighted by molar-refractivity contribution is 4.79. The van der Waals surface area contributed by atoms with Gasteiger partial charge in [-0.15, -0.1) is 0 Å². The maximum Gasteiger partial charge on any atom is 0.0518 e. The van der Waals surface area contributed by atoms with E-state index in [1.807, 2.05) is 0 Å². The Balaban J connectivity index is 4.01. The van der Waals surface area contributed by atoms with Crippen LogP contribution >= 0.6 is 0 Å². The van der Waals surface area contributed by atoms with Gasteiger partial charge in [0.05, 0.1) is 6.10 Å². The molecule has 0 aliphatic heterocycles. The number of hydrogen-bond acceptors (Lipinski definition) is 2. The molecule has 0 spiro atoms. The molecule has 2 nitrogen and oxygen atoms in total. The minimum Gasteiger partial charge on any atom is -0.379 e. The van der Waals surface area contributed by atoms with Crippen LogP contribution in [0.15, 0.2) is 0 Å². The summed E-state index contributed by atoms with van der Waals surface area (Å²) >= 11 is 0. The van der Waals surface area contributed by atoms with Crippen molar-refractivity contribution in [2.45, 2.75) is 54.1 Å². The van der Waals surface area contributed by atoms with E-state index in [1.54, 1.807) is 0 Å². The van der Waals surface area contributed by atoms with Gasteiger partial charge in [-0.1, -0.05) is 27.7 Å². The molecule has 2 heteroatoms. The zero-order chi connectivity index (χ0) is 11.9. The Morgan fingerprint density at radius 2 is 1.80 bits per heavy atom. The van der Waals surface area contributed by atoms with Crippen molar-refractivity contribution in [1.82, 2.24) is 5.32 Å². The average Bonchev–Trinajstić information content (AvgIpc) is 2.14.